The van der Waals surface area contributed by atoms with Gasteiger partial charge in [0.15, 0.2) is 5.16 Å². The molecule has 0 aliphatic rings. The van der Waals surface area contributed by atoms with Gasteiger partial charge in [-0.25, -0.2) is 19.9 Å². The number of aromatic amines is 1. The molecule has 18 heavy (non-hydrogen) atoms. The molecule has 2 heterocycles. The Morgan fingerprint density at radius 2 is 2.28 bits per heavy atom. The number of H-pyrrole nitrogens is 1. The number of nitrogen functional groups attached to an aromatic ring is 1. The molecular weight excluding hydrogens is 252 g/mol. The summed E-state index contributed by atoms with van der Waals surface area (Å²) in [7, 11) is 1.64. The van der Waals surface area contributed by atoms with Crippen molar-refractivity contribution < 1.29 is 0 Å². The normalized spacial score (nSPS) is 10.8. The van der Waals surface area contributed by atoms with E-state index in [0.717, 1.165) is 12.8 Å². The Morgan fingerprint density at radius 3 is 2.89 bits per heavy atom. The minimum absolute atomic E-state index is 0.256. The summed E-state index contributed by atoms with van der Waals surface area (Å²) in [6.07, 6.45) is 1.73. The molecule has 0 aromatic carbocycles. The van der Waals surface area contributed by atoms with Crippen LogP contribution in [0, 0.1) is 0 Å². The highest BCUT2D eigenvalue weighted by molar-refractivity contribution is 7.99. The van der Waals surface area contributed by atoms with Gasteiger partial charge in [-0.15, -0.1) is 5.10 Å². The molecule has 0 aliphatic heterocycles. The highest BCUT2D eigenvalue weighted by atomic mass is 32.2. The van der Waals surface area contributed by atoms with Crippen LogP contribution in [0.5, 0.6) is 0 Å². The Hall–Kier alpha value is -1.83. The summed E-state index contributed by atoms with van der Waals surface area (Å²) in [6, 6.07) is 1.67. The molecule has 0 amide bonds. The number of hydrogen-bond donors (Lipinski definition) is 2. The van der Waals surface area contributed by atoms with Crippen molar-refractivity contribution in [3.05, 3.63) is 22.4 Å². The first-order chi connectivity index (χ1) is 8.60. The predicted octanol–water partition coefficient (Wildman–Crippen LogP) is 0.584. The Balaban J connectivity index is 2.28. The van der Waals surface area contributed by atoms with Gasteiger partial charge in [0.05, 0.1) is 0 Å². The molecule has 0 saturated carbocycles. The number of nitrogens with one attached hydrogen (secondary N) is 1. The van der Waals surface area contributed by atoms with Crippen LogP contribution in [0.1, 0.15) is 19.2 Å². The van der Waals surface area contributed by atoms with E-state index in [0.29, 0.717) is 21.8 Å². The quantitative estimate of drug-likeness (QED) is 0.785. The van der Waals surface area contributed by atoms with Gasteiger partial charge in [0.25, 0.3) is 0 Å². The lowest BCUT2D eigenvalue weighted by Gasteiger charge is -2.03. The molecular formula is C10H14N6OS. The number of anilines is 1. The van der Waals surface area contributed by atoms with Crippen LogP contribution in [-0.4, -0.2) is 24.7 Å². The van der Waals surface area contributed by atoms with E-state index in [-0.39, 0.29) is 5.69 Å². The minimum Gasteiger partial charge on any atom is -0.384 e. The van der Waals surface area contributed by atoms with Gasteiger partial charge >= 0.3 is 5.69 Å². The summed E-state index contributed by atoms with van der Waals surface area (Å²) in [5, 5.41) is 7.51. The molecule has 0 fully saturated rings. The number of hydrogen-bond acceptors (Lipinski definition) is 6. The van der Waals surface area contributed by atoms with Crippen molar-refractivity contribution in [3.63, 3.8) is 0 Å². The van der Waals surface area contributed by atoms with Crippen LogP contribution < -0.4 is 11.4 Å². The van der Waals surface area contributed by atoms with E-state index >= 15 is 0 Å². The molecule has 0 radical (unpaired) electrons. The monoisotopic (exact) mass is 266 g/mol. The molecule has 7 nitrogen and oxygen atoms in total. The van der Waals surface area contributed by atoms with Gasteiger partial charge in [0.1, 0.15) is 16.7 Å². The second-order valence-corrected chi connectivity index (χ2v) is 4.76. The van der Waals surface area contributed by atoms with Gasteiger partial charge < -0.3 is 5.73 Å². The second-order valence-electron chi connectivity index (χ2n) is 3.77. The lowest BCUT2D eigenvalue weighted by molar-refractivity contribution is 0.762. The van der Waals surface area contributed by atoms with Crippen LogP contribution in [-0.2, 0) is 13.5 Å². The number of rotatable bonds is 4. The van der Waals surface area contributed by atoms with Gasteiger partial charge in [-0.2, -0.15) is 0 Å². The molecule has 0 bridgehead atoms. The molecule has 0 spiro atoms. The molecule has 2 aromatic heterocycles. The Labute approximate surface area is 108 Å². The standard InChI is InChI=1S/C10H14N6OS/c1-3-4-7-12-6(11)5-8(13-7)18-10-15-14-9(17)16(10)2/h5H,3-4H2,1-2H3,(H,14,17)(H2,11,12,13). The third kappa shape index (κ3) is 2.70. The first-order valence-corrected chi connectivity index (χ1v) is 6.34. The average molecular weight is 266 g/mol. The van der Waals surface area contributed by atoms with Crippen molar-refractivity contribution >= 4 is 17.6 Å². The fourth-order valence-electron chi connectivity index (χ4n) is 1.40. The third-order valence-electron chi connectivity index (χ3n) is 2.28. The number of aromatic nitrogens is 5. The molecule has 0 saturated heterocycles. The van der Waals surface area contributed by atoms with Gasteiger partial charge in [-0.3, -0.25) is 4.57 Å². The van der Waals surface area contributed by atoms with E-state index < -0.39 is 0 Å². The molecule has 3 N–H and O–H groups in total. The molecule has 96 valence electrons. The summed E-state index contributed by atoms with van der Waals surface area (Å²) in [5.74, 6) is 1.14. The number of nitrogens with zero attached hydrogens (tertiary/aromatic N) is 4. The fraction of sp³-hybridized carbons (Fsp3) is 0.400. The predicted molar refractivity (Wildman–Crippen MR) is 68.4 cm³/mol. The molecule has 2 rings (SSSR count). The first-order valence-electron chi connectivity index (χ1n) is 5.53. The Kier molecular flexibility index (Phi) is 3.66. The zero-order valence-corrected chi connectivity index (χ0v) is 11.0. The summed E-state index contributed by atoms with van der Waals surface area (Å²) < 4.78 is 1.42. The first kappa shape index (κ1) is 12.6. The SMILES string of the molecule is CCCc1nc(N)cc(Sc2n[nH]c(=O)n2C)n1. The average Bonchev–Trinajstić information content (AvgIpc) is 2.61. The third-order valence-corrected chi connectivity index (χ3v) is 3.24. The summed E-state index contributed by atoms with van der Waals surface area (Å²) >= 11 is 1.28. The highest BCUT2D eigenvalue weighted by Crippen LogP contribution is 2.23. The highest BCUT2D eigenvalue weighted by Gasteiger charge is 2.09. The van der Waals surface area contributed by atoms with Gasteiger partial charge in [0.2, 0.25) is 0 Å². The van der Waals surface area contributed by atoms with Crippen LogP contribution >= 0.6 is 11.8 Å². The second kappa shape index (κ2) is 5.21. The van der Waals surface area contributed by atoms with Crippen molar-refractivity contribution in [2.45, 2.75) is 29.9 Å². The van der Waals surface area contributed by atoms with Crippen molar-refractivity contribution in [2.24, 2.45) is 7.05 Å². The number of nitrogens with two attached hydrogens (primary N) is 1. The largest absolute Gasteiger partial charge is 0.384 e. The minimum atomic E-state index is -0.256. The van der Waals surface area contributed by atoms with Crippen LogP contribution in [0.2, 0.25) is 0 Å². The summed E-state index contributed by atoms with van der Waals surface area (Å²) in [4.78, 5) is 19.8. The molecule has 0 aliphatic carbocycles. The van der Waals surface area contributed by atoms with Crippen LogP contribution in [0.4, 0.5) is 5.82 Å². The fourth-order valence-corrected chi connectivity index (χ4v) is 2.23. The number of aryl methyl sites for hydroxylation is 1. The molecule has 0 atom stereocenters. The van der Waals surface area contributed by atoms with E-state index in [9.17, 15) is 4.79 Å². The van der Waals surface area contributed by atoms with Crippen molar-refractivity contribution in [2.75, 3.05) is 5.73 Å². The smallest absolute Gasteiger partial charge is 0.343 e. The van der Waals surface area contributed by atoms with Crippen LogP contribution in [0.3, 0.4) is 0 Å². The van der Waals surface area contributed by atoms with Crippen molar-refractivity contribution in [1.29, 1.82) is 0 Å². The van der Waals surface area contributed by atoms with Gasteiger partial charge in [-0.1, -0.05) is 6.92 Å². The van der Waals surface area contributed by atoms with Gasteiger partial charge in [-0.05, 0) is 18.2 Å². The molecule has 2 aromatic rings. The van der Waals surface area contributed by atoms with E-state index in [2.05, 4.69) is 27.1 Å². The van der Waals surface area contributed by atoms with E-state index in [1.54, 1.807) is 13.1 Å². The maximum absolute atomic E-state index is 11.2. The summed E-state index contributed by atoms with van der Waals surface area (Å²) in [6.45, 7) is 2.05. The Bertz CT molecular complexity index is 605. The zero-order chi connectivity index (χ0) is 13.1. The zero-order valence-electron chi connectivity index (χ0n) is 10.2. The van der Waals surface area contributed by atoms with Crippen LogP contribution in [0.15, 0.2) is 21.0 Å². The van der Waals surface area contributed by atoms with Crippen LogP contribution in [0.25, 0.3) is 0 Å². The van der Waals surface area contributed by atoms with Gasteiger partial charge in [0, 0.05) is 19.5 Å². The van der Waals surface area contributed by atoms with Crippen molar-refractivity contribution in [1.82, 2.24) is 24.7 Å². The van der Waals surface area contributed by atoms with Crippen molar-refractivity contribution in [3.8, 4) is 0 Å². The van der Waals surface area contributed by atoms with E-state index in [1.165, 1.54) is 16.3 Å². The maximum atomic E-state index is 11.2. The lowest BCUT2D eigenvalue weighted by atomic mass is 10.3. The Morgan fingerprint density at radius 1 is 1.50 bits per heavy atom. The van der Waals surface area contributed by atoms with E-state index in [1.807, 2.05) is 0 Å². The summed E-state index contributed by atoms with van der Waals surface area (Å²) in [5.41, 5.74) is 5.47. The topological polar surface area (TPSA) is 102 Å². The maximum Gasteiger partial charge on any atom is 0.343 e. The molecule has 0 unspecified atom stereocenters. The van der Waals surface area contributed by atoms with E-state index in [4.69, 9.17) is 5.73 Å². The lowest BCUT2D eigenvalue weighted by Crippen LogP contribution is -2.12. The molecule has 8 heteroatoms.